The minimum Gasteiger partial charge on any atom is -0.495 e. The average Bonchev–Trinajstić information content (AvgIpc) is 2.94. The van der Waals surface area contributed by atoms with Crippen molar-refractivity contribution in [3.8, 4) is 5.75 Å². The maximum Gasteiger partial charge on any atom is 0.244 e. The summed E-state index contributed by atoms with van der Waals surface area (Å²) < 4.78 is 32.6. The van der Waals surface area contributed by atoms with E-state index in [1.165, 1.54) is 12.0 Å². The molecule has 2 amide bonds. The lowest BCUT2D eigenvalue weighted by Gasteiger charge is -2.34. The van der Waals surface area contributed by atoms with Crippen LogP contribution in [0, 0.1) is 6.92 Å². The highest BCUT2D eigenvalue weighted by Crippen LogP contribution is 2.32. The number of hydrogen-bond donors (Lipinski definition) is 1. The first-order valence-electron chi connectivity index (χ1n) is 13.5. The standard InChI is InChI=1S/C31H37Cl2N3O5S/c1-6-22(3)34-31(38)28(17-23-10-8-7-9-11-23)35(19-24-13-14-25(32)18-26(24)33)30(37)20-36(42(5,39)40)27-16-21(2)12-15-29(27)41-4/h7-16,18,22,28H,6,17,19-20H2,1-5H3,(H,34,38)/t22-,28+/m0/s1. The lowest BCUT2D eigenvalue weighted by molar-refractivity contribution is -0.140. The van der Waals surface area contributed by atoms with Crippen LogP contribution in [0.15, 0.2) is 66.7 Å². The van der Waals surface area contributed by atoms with Crippen molar-refractivity contribution in [1.82, 2.24) is 10.2 Å². The lowest BCUT2D eigenvalue weighted by Crippen LogP contribution is -2.54. The number of halogens is 2. The number of nitrogens with one attached hydrogen (secondary N) is 1. The van der Waals surface area contributed by atoms with Crippen LogP contribution in [0.1, 0.15) is 37.0 Å². The molecule has 226 valence electrons. The topological polar surface area (TPSA) is 96.0 Å². The maximum absolute atomic E-state index is 14.3. The van der Waals surface area contributed by atoms with E-state index in [1.54, 1.807) is 36.4 Å². The zero-order valence-corrected chi connectivity index (χ0v) is 26.8. The van der Waals surface area contributed by atoms with Gasteiger partial charge in [-0.2, -0.15) is 0 Å². The van der Waals surface area contributed by atoms with E-state index < -0.39 is 28.5 Å². The van der Waals surface area contributed by atoms with Crippen LogP contribution in [0.4, 0.5) is 5.69 Å². The Bertz CT molecular complexity index is 1500. The molecule has 0 aliphatic rings. The number of nitrogens with zero attached hydrogens (tertiary/aromatic N) is 2. The summed E-state index contributed by atoms with van der Waals surface area (Å²) in [7, 11) is -2.52. The molecule has 0 spiro atoms. The molecule has 3 rings (SSSR count). The molecular weight excluding hydrogens is 597 g/mol. The van der Waals surface area contributed by atoms with Gasteiger partial charge < -0.3 is 15.0 Å². The Labute approximate surface area is 258 Å². The molecule has 3 aromatic rings. The molecule has 0 unspecified atom stereocenters. The first-order chi connectivity index (χ1) is 19.8. The van der Waals surface area contributed by atoms with Crippen LogP contribution < -0.4 is 14.4 Å². The number of anilines is 1. The number of rotatable bonds is 13. The summed E-state index contributed by atoms with van der Waals surface area (Å²) in [6, 6.07) is 18.2. The van der Waals surface area contributed by atoms with Crippen molar-refractivity contribution < 1.29 is 22.7 Å². The summed E-state index contributed by atoms with van der Waals surface area (Å²) >= 11 is 12.6. The van der Waals surface area contributed by atoms with Crippen LogP contribution in [0.3, 0.4) is 0 Å². The Balaban J connectivity index is 2.13. The van der Waals surface area contributed by atoms with Crippen molar-refractivity contribution >= 4 is 50.7 Å². The van der Waals surface area contributed by atoms with Crippen molar-refractivity contribution in [2.45, 2.75) is 52.2 Å². The predicted molar refractivity (Wildman–Crippen MR) is 169 cm³/mol. The summed E-state index contributed by atoms with van der Waals surface area (Å²) in [5.41, 5.74) is 2.40. The van der Waals surface area contributed by atoms with E-state index >= 15 is 0 Å². The number of methoxy groups -OCH3 is 1. The SMILES string of the molecule is CC[C@H](C)NC(=O)[C@@H](Cc1ccccc1)N(Cc1ccc(Cl)cc1Cl)C(=O)CN(c1cc(C)ccc1OC)S(C)(=O)=O. The second kappa shape index (κ2) is 14.8. The Kier molecular flexibility index (Phi) is 11.7. The fourth-order valence-corrected chi connectivity index (χ4v) is 5.73. The zero-order valence-electron chi connectivity index (χ0n) is 24.4. The molecule has 0 fully saturated rings. The van der Waals surface area contributed by atoms with Crippen LogP contribution in [0.2, 0.25) is 10.0 Å². The molecule has 8 nitrogen and oxygen atoms in total. The summed E-state index contributed by atoms with van der Waals surface area (Å²) in [6.07, 6.45) is 1.92. The van der Waals surface area contributed by atoms with Gasteiger partial charge in [-0.3, -0.25) is 13.9 Å². The molecule has 3 aromatic carbocycles. The van der Waals surface area contributed by atoms with E-state index in [1.807, 2.05) is 51.1 Å². The number of aryl methyl sites for hydroxylation is 1. The number of ether oxygens (including phenoxy) is 1. The Morgan fingerprint density at radius 3 is 2.31 bits per heavy atom. The van der Waals surface area contributed by atoms with Crippen molar-refractivity contribution in [1.29, 1.82) is 0 Å². The molecule has 0 saturated carbocycles. The quantitative estimate of drug-likeness (QED) is 0.263. The third-order valence-electron chi connectivity index (χ3n) is 6.91. The van der Waals surface area contributed by atoms with Gasteiger partial charge in [0.25, 0.3) is 0 Å². The van der Waals surface area contributed by atoms with Gasteiger partial charge in [0.2, 0.25) is 21.8 Å². The molecule has 2 atom stereocenters. The third kappa shape index (κ3) is 8.86. The first-order valence-corrected chi connectivity index (χ1v) is 16.1. The van der Waals surface area contributed by atoms with Gasteiger partial charge in [0.1, 0.15) is 18.3 Å². The Morgan fingerprint density at radius 1 is 1.02 bits per heavy atom. The lowest BCUT2D eigenvalue weighted by atomic mass is 10.0. The van der Waals surface area contributed by atoms with Crippen LogP contribution in [-0.4, -0.2) is 57.1 Å². The molecule has 0 aliphatic carbocycles. The van der Waals surface area contributed by atoms with Crippen molar-refractivity contribution in [3.63, 3.8) is 0 Å². The molecule has 1 N–H and O–H groups in total. The summed E-state index contributed by atoms with van der Waals surface area (Å²) in [4.78, 5) is 29.4. The minimum absolute atomic E-state index is 0.0528. The third-order valence-corrected chi connectivity index (χ3v) is 8.62. The predicted octanol–water partition coefficient (Wildman–Crippen LogP) is 5.63. The molecular formula is C31H37Cl2N3O5S. The number of hydrogen-bond acceptors (Lipinski definition) is 5. The van der Waals surface area contributed by atoms with E-state index in [4.69, 9.17) is 27.9 Å². The monoisotopic (exact) mass is 633 g/mol. The van der Waals surface area contributed by atoms with Crippen LogP contribution in [0.5, 0.6) is 5.75 Å². The normalized spacial score (nSPS) is 12.7. The average molecular weight is 635 g/mol. The van der Waals surface area contributed by atoms with Gasteiger partial charge in [-0.05, 0) is 61.2 Å². The summed E-state index contributed by atoms with van der Waals surface area (Å²) in [5, 5.41) is 3.74. The van der Waals surface area contributed by atoms with Gasteiger partial charge >= 0.3 is 0 Å². The molecule has 0 saturated heterocycles. The number of carbonyl (C=O) groups excluding carboxylic acids is 2. The van der Waals surface area contributed by atoms with E-state index in [2.05, 4.69) is 5.32 Å². The van der Waals surface area contributed by atoms with Gasteiger partial charge in [0, 0.05) is 29.1 Å². The highest BCUT2D eigenvalue weighted by Gasteiger charge is 2.34. The van der Waals surface area contributed by atoms with Crippen LogP contribution in [0.25, 0.3) is 0 Å². The van der Waals surface area contributed by atoms with Gasteiger partial charge in [-0.25, -0.2) is 8.42 Å². The largest absolute Gasteiger partial charge is 0.495 e. The molecule has 0 aromatic heterocycles. The maximum atomic E-state index is 14.3. The van der Waals surface area contributed by atoms with Gasteiger partial charge in [0.15, 0.2) is 0 Å². The smallest absolute Gasteiger partial charge is 0.244 e. The Morgan fingerprint density at radius 2 is 1.71 bits per heavy atom. The van der Waals surface area contributed by atoms with Crippen LogP contribution in [-0.2, 0) is 32.6 Å². The molecule has 0 aliphatic heterocycles. The number of benzene rings is 3. The second-order valence-electron chi connectivity index (χ2n) is 10.2. The molecule has 0 bridgehead atoms. The number of carbonyl (C=O) groups is 2. The fraction of sp³-hybridized carbons (Fsp3) is 0.355. The van der Waals surface area contributed by atoms with Gasteiger partial charge in [0.05, 0.1) is 19.1 Å². The zero-order chi connectivity index (χ0) is 31.0. The van der Waals surface area contributed by atoms with Crippen molar-refractivity contribution in [2.75, 3.05) is 24.2 Å². The molecule has 11 heteroatoms. The fourth-order valence-electron chi connectivity index (χ4n) is 4.42. The highest BCUT2D eigenvalue weighted by atomic mass is 35.5. The summed E-state index contributed by atoms with van der Waals surface area (Å²) in [6.45, 7) is 5.03. The van der Waals surface area contributed by atoms with Crippen LogP contribution >= 0.6 is 23.2 Å². The van der Waals surface area contributed by atoms with E-state index in [-0.39, 0.29) is 30.6 Å². The number of amides is 2. The minimum atomic E-state index is -3.95. The number of sulfonamides is 1. The van der Waals surface area contributed by atoms with E-state index in [0.717, 1.165) is 21.7 Å². The van der Waals surface area contributed by atoms with Crippen molar-refractivity contribution in [2.24, 2.45) is 0 Å². The molecule has 0 radical (unpaired) electrons. The molecule has 42 heavy (non-hydrogen) atoms. The first kappa shape index (κ1) is 33.2. The van der Waals surface area contributed by atoms with E-state index in [0.29, 0.717) is 27.8 Å². The molecule has 0 heterocycles. The van der Waals surface area contributed by atoms with Gasteiger partial charge in [-0.1, -0.05) is 72.6 Å². The summed E-state index contributed by atoms with van der Waals surface area (Å²) in [5.74, 6) is -0.651. The van der Waals surface area contributed by atoms with Gasteiger partial charge in [-0.15, -0.1) is 0 Å². The van der Waals surface area contributed by atoms with Crippen molar-refractivity contribution in [3.05, 3.63) is 93.5 Å². The highest BCUT2D eigenvalue weighted by molar-refractivity contribution is 7.92. The Hall–Kier alpha value is -3.27. The second-order valence-corrected chi connectivity index (χ2v) is 13.0. The van der Waals surface area contributed by atoms with E-state index in [9.17, 15) is 18.0 Å².